The average molecular weight is 608 g/mol. The molecule has 0 aliphatic carbocycles. The van der Waals surface area contributed by atoms with Crippen molar-refractivity contribution in [3.63, 3.8) is 0 Å². The van der Waals surface area contributed by atoms with Crippen molar-refractivity contribution in [2.45, 2.75) is 20.4 Å². The zero-order chi connectivity index (χ0) is 30.2. The Bertz CT molecular complexity index is 1650. The predicted molar refractivity (Wildman–Crippen MR) is 169 cm³/mol. The van der Waals surface area contributed by atoms with Gasteiger partial charge in [0.2, 0.25) is 5.91 Å². The molecule has 42 heavy (non-hydrogen) atoms. The van der Waals surface area contributed by atoms with Crippen molar-refractivity contribution in [2.24, 2.45) is 0 Å². The van der Waals surface area contributed by atoms with E-state index in [2.05, 4.69) is 20.4 Å². The van der Waals surface area contributed by atoms with Gasteiger partial charge in [0.15, 0.2) is 5.57 Å². The molecule has 1 fully saturated rings. The number of nitriles is 1. The van der Waals surface area contributed by atoms with E-state index in [0.29, 0.717) is 45.2 Å². The molecule has 2 heterocycles. The second-order valence-electron chi connectivity index (χ2n) is 9.70. The number of piperazine rings is 1. The Hall–Kier alpha value is -4.11. The molecule has 3 aromatic rings. The molecule has 1 aliphatic rings. The molecular formula is C30H34ClN7O3S. The van der Waals surface area contributed by atoms with Crippen LogP contribution < -0.4 is 35.2 Å². The lowest BCUT2D eigenvalue weighted by molar-refractivity contribution is -0.119. The quantitative estimate of drug-likeness (QED) is 0.383. The van der Waals surface area contributed by atoms with Crippen LogP contribution in [0.2, 0.25) is 5.02 Å². The zero-order valence-electron chi connectivity index (χ0n) is 23.9. The van der Waals surface area contributed by atoms with Crippen LogP contribution in [0.1, 0.15) is 13.8 Å². The first kappa shape index (κ1) is 30.8. The molecule has 0 atom stereocenters. The number of hydrogen-bond donors (Lipinski definition) is 2. The van der Waals surface area contributed by atoms with Crippen LogP contribution in [0.5, 0.6) is 0 Å². The van der Waals surface area contributed by atoms with Crippen LogP contribution in [0.25, 0.3) is 11.8 Å². The molecule has 1 saturated heterocycles. The number of carbonyl (C=O) groups is 2. The van der Waals surface area contributed by atoms with Gasteiger partial charge in [-0.1, -0.05) is 17.7 Å². The normalized spacial score (nSPS) is 14.7. The Morgan fingerprint density at radius 1 is 1.12 bits per heavy atom. The molecule has 2 amide bonds. The predicted octanol–water partition coefficient (Wildman–Crippen LogP) is 2.03. The molecule has 2 aromatic carbocycles. The van der Waals surface area contributed by atoms with Crippen LogP contribution in [-0.4, -0.2) is 67.6 Å². The van der Waals surface area contributed by atoms with Crippen molar-refractivity contribution < 1.29 is 9.59 Å². The number of anilines is 3. The molecule has 0 saturated carbocycles. The summed E-state index contributed by atoms with van der Waals surface area (Å²) >= 11 is 7.09. The maximum atomic E-state index is 13.1. The Morgan fingerprint density at radius 3 is 2.48 bits per heavy atom. The average Bonchev–Trinajstić information content (AvgIpc) is 3.31. The van der Waals surface area contributed by atoms with Crippen molar-refractivity contribution in [1.29, 1.82) is 5.26 Å². The molecule has 12 heteroatoms. The van der Waals surface area contributed by atoms with Gasteiger partial charge in [-0.05, 0) is 56.3 Å². The number of amides is 2. The first-order chi connectivity index (χ1) is 20.2. The third kappa shape index (κ3) is 7.20. The maximum Gasteiger partial charge on any atom is 0.270 e. The Labute approximate surface area is 253 Å². The van der Waals surface area contributed by atoms with E-state index in [-0.39, 0.29) is 17.0 Å². The van der Waals surface area contributed by atoms with Crippen LogP contribution in [0.3, 0.4) is 0 Å². The van der Waals surface area contributed by atoms with Gasteiger partial charge in [0.25, 0.3) is 11.5 Å². The van der Waals surface area contributed by atoms with Crippen molar-refractivity contribution in [2.75, 3.05) is 61.4 Å². The Balaban J connectivity index is 1.43. The number of benzene rings is 2. The Kier molecular flexibility index (Phi) is 10.4. The van der Waals surface area contributed by atoms with E-state index in [4.69, 9.17) is 11.6 Å². The largest absolute Gasteiger partial charge is 0.369 e. The van der Waals surface area contributed by atoms with E-state index in [1.54, 1.807) is 32.0 Å². The van der Waals surface area contributed by atoms with Gasteiger partial charge in [-0.15, -0.1) is 11.3 Å². The van der Waals surface area contributed by atoms with Crippen molar-refractivity contribution in [3.8, 4) is 6.07 Å². The number of aromatic nitrogens is 1. The molecule has 0 bridgehead atoms. The fourth-order valence-electron chi connectivity index (χ4n) is 4.65. The summed E-state index contributed by atoms with van der Waals surface area (Å²) in [6.07, 6.45) is 1.57. The first-order valence-corrected chi connectivity index (χ1v) is 14.9. The van der Waals surface area contributed by atoms with Crippen molar-refractivity contribution in [3.05, 3.63) is 73.1 Å². The maximum absolute atomic E-state index is 13.1. The minimum atomic E-state index is -0.508. The molecule has 4 rings (SSSR count). The van der Waals surface area contributed by atoms with Gasteiger partial charge in [-0.25, -0.2) is 0 Å². The number of rotatable bonds is 9. The fourth-order valence-corrected chi connectivity index (χ4v) is 5.86. The van der Waals surface area contributed by atoms with Gasteiger partial charge in [-0.2, -0.15) is 5.26 Å². The monoisotopic (exact) mass is 607 g/mol. The third-order valence-electron chi connectivity index (χ3n) is 7.01. The Morgan fingerprint density at radius 2 is 1.83 bits per heavy atom. The lowest BCUT2D eigenvalue weighted by Gasteiger charge is -2.36. The van der Waals surface area contributed by atoms with Gasteiger partial charge in [0.1, 0.15) is 15.3 Å². The summed E-state index contributed by atoms with van der Waals surface area (Å²) in [5.41, 5.74) is 2.15. The summed E-state index contributed by atoms with van der Waals surface area (Å²) in [4.78, 5) is 44.6. The van der Waals surface area contributed by atoms with Crippen molar-refractivity contribution in [1.82, 2.24) is 14.8 Å². The highest BCUT2D eigenvalue weighted by Crippen LogP contribution is 2.21. The molecular weight excluding hydrogens is 574 g/mol. The van der Waals surface area contributed by atoms with E-state index in [9.17, 15) is 19.6 Å². The molecule has 0 spiro atoms. The van der Waals surface area contributed by atoms with Crippen LogP contribution in [0.4, 0.5) is 17.1 Å². The summed E-state index contributed by atoms with van der Waals surface area (Å²) in [7, 11) is 1.75. The third-order valence-corrected chi connectivity index (χ3v) is 8.40. The summed E-state index contributed by atoms with van der Waals surface area (Å²) in [6, 6.07) is 17.1. The lowest BCUT2D eigenvalue weighted by Crippen LogP contribution is -2.49. The highest BCUT2D eigenvalue weighted by Gasteiger charge is 2.21. The van der Waals surface area contributed by atoms with E-state index >= 15 is 0 Å². The topological polar surface area (TPSA) is 114 Å². The van der Waals surface area contributed by atoms with E-state index in [1.165, 1.54) is 4.57 Å². The van der Waals surface area contributed by atoms with Crippen LogP contribution in [-0.2, 0) is 16.1 Å². The molecule has 2 N–H and O–H groups in total. The second kappa shape index (κ2) is 14.2. The van der Waals surface area contributed by atoms with Gasteiger partial charge in [0, 0.05) is 74.6 Å². The van der Waals surface area contributed by atoms with E-state index < -0.39 is 5.91 Å². The van der Waals surface area contributed by atoms with Crippen LogP contribution in [0, 0.1) is 11.3 Å². The summed E-state index contributed by atoms with van der Waals surface area (Å²) in [5, 5.41) is 16.0. The van der Waals surface area contributed by atoms with Gasteiger partial charge in [0.05, 0.1) is 6.54 Å². The number of thiazole rings is 1. The highest BCUT2D eigenvalue weighted by molar-refractivity contribution is 7.07. The van der Waals surface area contributed by atoms with Gasteiger partial charge >= 0.3 is 0 Å². The number of halogens is 1. The van der Waals surface area contributed by atoms with Gasteiger partial charge in [-0.3, -0.25) is 23.9 Å². The standard InChI is InChI=1S/C30H34ClN7O3S/c1-4-33-28(40)25(18-32)30-38(5-2)29(41)26(42-30)19-34-22-7-6-8-24(17-22)35(3)27(39)20-36-13-15-37(16-14-36)23-11-9-21(31)10-12-23/h6-12,17,19,34H,4-5,13-16,20H2,1-3H3,(H,33,40)/b26-19+,30-25-. The SMILES string of the molecule is CCNC(=O)/C(C#N)=c1\s/c(=C/Nc2cccc(N(C)C(=O)CN3CCN(c4ccc(Cl)cc4)CC3)c2)c(=O)n1CC. The summed E-state index contributed by atoms with van der Waals surface area (Å²) < 4.78 is 2.10. The number of likely N-dealkylation sites (N-methyl/N-ethyl adjacent to an activating group) is 1. The highest BCUT2D eigenvalue weighted by atomic mass is 35.5. The van der Waals surface area contributed by atoms with E-state index in [1.807, 2.05) is 54.6 Å². The van der Waals surface area contributed by atoms with E-state index in [0.717, 1.165) is 43.2 Å². The minimum Gasteiger partial charge on any atom is -0.369 e. The molecule has 1 aliphatic heterocycles. The van der Waals surface area contributed by atoms with Crippen LogP contribution >= 0.6 is 22.9 Å². The number of carbonyl (C=O) groups excluding carboxylic acids is 2. The van der Waals surface area contributed by atoms with Crippen molar-refractivity contribution >= 4 is 63.6 Å². The fraction of sp³-hybridized carbons (Fsp3) is 0.333. The van der Waals surface area contributed by atoms with Crippen LogP contribution in [0.15, 0.2) is 53.3 Å². The minimum absolute atomic E-state index is 0.0188. The molecule has 10 nitrogen and oxygen atoms in total. The molecule has 0 radical (unpaired) electrons. The number of nitrogens with zero attached hydrogens (tertiary/aromatic N) is 5. The molecule has 1 aromatic heterocycles. The number of nitrogens with one attached hydrogen (secondary N) is 2. The second-order valence-corrected chi connectivity index (χ2v) is 11.2. The lowest BCUT2D eigenvalue weighted by atomic mass is 10.2. The smallest absolute Gasteiger partial charge is 0.270 e. The zero-order valence-corrected chi connectivity index (χ0v) is 25.5. The molecule has 220 valence electrons. The summed E-state index contributed by atoms with van der Waals surface area (Å²) in [5.74, 6) is -0.526. The first-order valence-electron chi connectivity index (χ1n) is 13.7. The molecule has 0 unspecified atom stereocenters. The summed E-state index contributed by atoms with van der Waals surface area (Å²) in [6.45, 7) is 7.78. The van der Waals surface area contributed by atoms with Gasteiger partial charge < -0.3 is 20.4 Å². The number of hydrogen-bond acceptors (Lipinski definition) is 8.